The van der Waals surface area contributed by atoms with Gasteiger partial charge in [-0.3, -0.25) is 0 Å². The van der Waals surface area contributed by atoms with Crippen LogP contribution in [-0.4, -0.2) is 11.5 Å². The molecule has 0 radical (unpaired) electrons. The van der Waals surface area contributed by atoms with Gasteiger partial charge in [0, 0.05) is 11.8 Å². The third kappa shape index (κ3) is 4.25. The highest BCUT2D eigenvalue weighted by atomic mass is 79.9. The van der Waals surface area contributed by atoms with Crippen molar-refractivity contribution in [2.24, 2.45) is 0 Å². The van der Waals surface area contributed by atoms with E-state index in [0.717, 1.165) is 29.2 Å². The minimum absolute atomic E-state index is 0. The molecule has 5 heteroatoms. The molecule has 1 heterocycles. The van der Waals surface area contributed by atoms with Gasteiger partial charge in [-0.1, -0.05) is 42.5 Å². The van der Waals surface area contributed by atoms with Gasteiger partial charge in [-0.05, 0) is 23.3 Å². The highest BCUT2D eigenvalue weighted by Gasteiger charge is 2.20. The average molecular weight is 393 g/mol. The summed E-state index contributed by atoms with van der Waals surface area (Å²) in [6, 6.07) is 16.9. The number of aromatic nitrogens is 1. The lowest BCUT2D eigenvalue weighted by atomic mass is 9.92. The zero-order chi connectivity index (χ0) is 15.4. The van der Waals surface area contributed by atoms with Crippen molar-refractivity contribution in [1.29, 1.82) is 0 Å². The quantitative estimate of drug-likeness (QED) is 0.664. The Morgan fingerprint density at radius 3 is 2.30 bits per heavy atom. The van der Waals surface area contributed by atoms with Crippen molar-refractivity contribution in [2.45, 2.75) is 12.3 Å². The molecule has 1 unspecified atom stereocenters. The summed E-state index contributed by atoms with van der Waals surface area (Å²) in [5.74, 6) is -0.169. The van der Waals surface area contributed by atoms with Gasteiger partial charge in [0.2, 0.25) is 0 Å². The maximum absolute atomic E-state index is 13.2. The van der Waals surface area contributed by atoms with Gasteiger partial charge in [0.05, 0.1) is 18.2 Å². The number of hydrogen-bond acceptors (Lipinski definition) is 2. The predicted molar refractivity (Wildman–Crippen MR) is 87.4 cm³/mol. The van der Waals surface area contributed by atoms with E-state index in [9.17, 15) is 4.39 Å². The van der Waals surface area contributed by atoms with E-state index >= 15 is 0 Å². The average Bonchev–Trinajstić information content (AvgIpc) is 2.99. The second kappa shape index (κ2) is 8.34. The van der Waals surface area contributed by atoms with Crippen molar-refractivity contribution in [3.05, 3.63) is 87.6 Å². The lowest BCUT2D eigenvalue weighted by molar-refractivity contribution is -0.366. The smallest absolute Gasteiger partial charge is 0.123 e. The largest absolute Gasteiger partial charge is 1.00 e. The summed E-state index contributed by atoms with van der Waals surface area (Å²) in [6.45, 7) is 0.843. The fraction of sp³-hybridized carbons (Fsp3) is 0.167. The number of hydrogen-bond donors (Lipinski definition) is 1. The minimum Gasteiger partial charge on any atom is -1.00 e. The molecular formula is C18H18BrFN2S. The SMILES string of the molecule is [Br-].[NH3+]CCc1csc(C(c2ccccc2)c2ccc(F)cc2)n1. The molecule has 23 heavy (non-hydrogen) atoms. The van der Waals surface area contributed by atoms with E-state index < -0.39 is 0 Å². The molecule has 3 rings (SSSR count). The van der Waals surface area contributed by atoms with E-state index in [1.165, 1.54) is 17.7 Å². The minimum atomic E-state index is -0.215. The van der Waals surface area contributed by atoms with Gasteiger partial charge in [-0.2, -0.15) is 0 Å². The third-order valence-electron chi connectivity index (χ3n) is 3.59. The van der Waals surface area contributed by atoms with E-state index in [4.69, 9.17) is 4.98 Å². The molecule has 0 spiro atoms. The van der Waals surface area contributed by atoms with Crippen molar-refractivity contribution in [1.82, 2.24) is 4.98 Å². The maximum atomic E-state index is 13.2. The summed E-state index contributed by atoms with van der Waals surface area (Å²) < 4.78 is 13.2. The van der Waals surface area contributed by atoms with Crippen LogP contribution in [0.15, 0.2) is 60.0 Å². The van der Waals surface area contributed by atoms with Crippen molar-refractivity contribution >= 4 is 11.3 Å². The first-order chi connectivity index (χ1) is 10.8. The number of rotatable bonds is 5. The van der Waals surface area contributed by atoms with Gasteiger partial charge < -0.3 is 22.7 Å². The van der Waals surface area contributed by atoms with Crippen LogP contribution in [0.3, 0.4) is 0 Å². The van der Waals surface area contributed by atoms with Crippen LogP contribution in [0.2, 0.25) is 0 Å². The molecule has 2 aromatic carbocycles. The number of nitrogens with zero attached hydrogens (tertiary/aromatic N) is 1. The van der Waals surface area contributed by atoms with Crippen molar-refractivity contribution < 1.29 is 27.1 Å². The van der Waals surface area contributed by atoms with Crippen LogP contribution in [-0.2, 0) is 6.42 Å². The molecule has 0 amide bonds. The molecule has 1 aromatic heterocycles. The number of quaternary nitrogens is 1. The first-order valence-electron chi connectivity index (χ1n) is 7.32. The topological polar surface area (TPSA) is 40.5 Å². The molecule has 3 N–H and O–H groups in total. The van der Waals surface area contributed by atoms with Crippen LogP contribution in [0.25, 0.3) is 0 Å². The lowest BCUT2D eigenvalue weighted by Gasteiger charge is -2.15. The number of thiazole rings is 1. The molecule has 3 aromatic rings. The Morgan fingerprint density at radius 1 is 1.00 bits per heavy atom. The number of benzene rings is 2. The predicted octanol–water partition coefficient (Wildman–Crippen LogP) is 0.251. The Kier molecular flexibility index (Phi) is 6.45. The number of halogens is 2. The third-order valence-corrected chi connectivity index (χ3v) is 4.54. The van der Waals surface area contributed by atoms with Crippen molar-refractivity contribution in [3.63, 3.8) is 0 Å². The Bertz CT molecular complexity index is 728. The van der Waals surface area contributed by atoms with Gasteiger partial charge in [-0.25, -0.2) is 9.37 Å². The van der Waals surface area contributed by atoms with Crippen LogP contribution in [0.5, 0.6) is 0 Å². The van der Waals surface area contributed by atoms with Crippen LogP contribution in [0.4, 0.5) is 4.39 Å². The van der Waals surface area contributed by atoms with Gasteiger partial charge in [0.1, 0.15) is 10.8 Å². The first-order valence-corrected chi connectivity index (χ1v) is 8.20. The molecule has 0 aliphatic carbocycles. The maximum Gasteiger partial charge on any atom is 0.123 e. The summed E-state index contributed by atoms with van der Waals surface area (Å²) in [4.78, 5) is 4.76. The Morgan fingerprint density at radius 2 is 1.65 bits per heavy atom. The van der Waals surface area contributed by atoms with Crippen LogP contribution < -0.4 is 22.7 Å². The zero-order valence-corrected chi connectivity index (χ0v) is 15.0. The first kappa shape index (κ1) is 17.8. The molecule has 0 saturated heterocycles. The van der Waals surface area contributed by atoms with Gasteiger partial charge >= 0.3 is 0 Å². The van der Waals surface area contributed by atoms with Crippen LogP contribution in [0, 0.1) is 5.82 Å². The molecule has 2 nitrogen and oxygen atoms in total. The molecule has 120 valence electrons. The summed E-state index contributed by atoms with van der Waals surface area (Å²) in [6.07, 6.45) is 0.890. The van der Waals surface area contributed by atoms with Crippen LogP contribution in [0.1, 0.15) is 27.7 Å². The fourth-order valence-electron chi connectivity index (χ4n) is 2.53. The summed E-state index contributed by atoms with van der Waals surface area (Å²) in [5, 5.41) is 3.14. The summed E-state index contributed by atoms with van der Waals surface area (Å²) >= 11 is 1.66. The van der Waals surface area contributed by atoms with E-state index in [1.807, 2.05) is 30.3 Å². The molecule has 0 fully saturated rings. The van der Waals surface area contributed by atoms with Gasteiger partial charge in [0.25, 0.3) is 0 Å². The van der Waals surface area contributed by atoms with Crippen molar-refractivity contribution in [2.75, 3.05) is 6.54 Å². The highest BCUT2D eigenvalue weighted by molar-refractivity contribution is 7.09. The van der Waals surface area contributed by atoms with Crippen LogP contribution >= 0.6 is 11.3 Å². The second-order valence-electron chi connectivity index (χ2n) is 5.18. The Labute approximate surface area is 150 Å². The second-order valence-corrected chi connectivity index (χ2v) is 6.07. The van der Waals surface area contributed by atoms with Crippen molar-refractivity contribution in [3.8, 4) is 0 Å². The van der Waals surface area contributed by atoms with Gasteiger partial charge in [-0.15, -0.1) is 11.3 Å². The van der Waals surface area contributed by atoms with E-state index in [-0.39, 0.29) is 28.7 Å². The Hall–Kier alpha value is -1.56. The monoisotopic (exact) mass is 392 g/mol. The van der Waals surface area contributed by atoms with E-state index in [1.54, 1.807) is 11.3 Å². The van der Waals surface area contributed by atoms with E-state index in [0.29, 0.717) is 0 Å². The molecular weight excluding hydrogens is 375 g/mol. The molecule has 0 aliphatic rings. The lowest BCUT2D eigenvalue weighted by Crippen LogP contribution is -3.00. The standard InChI is InChI=1S/C18H17FN2S.BrH/c19-15-8-6-14(7-9-15)17(13-4-2-1-3-5-13)18-21-16(10-11-20)12-22-18;/h1-9,12,17H,10-11,20H2;1H. The normalized spacial score (nSPS) is 11.7. The molecule has 0 saturated carbocycles. The summed E-state index contributed by atoms with van der Waals surface area (Å²) in [7, 11) is 0. The van der Waals surface area contributed by atoms with E-state index in [2.05, 4.69) is 23.2 Å². The zero-order valence-electron chi connectivity index (χ0n) is 12.6. The molecule has 1 atom stereocenters. The molecule has 0 aliphatic heterocycles. The summed E-state index contributed by atoms with van der Waals surface area (Å²) in [5.41, 5.74) is 7.19. The molecule has 0 bridgehead atoms. The highest BCUT2D eigenvalue weighted by Crippen LogP contribution is 2.33. The Balaban J connectivity index is 0.00000192. The fourth-order valence-corrected chi connectivity index (χ4v) is 3.54. The van der Waals surface area contributed by atoms with Gasteiger partial charge in [0.15, 0.2) is 0 Å².